The maximum absolute atomic E-state index is 12.6. The summed E-state index contributed by atoms with van der Waals surface area (Å²) in [5.41, 5.74) is -0.561. The van der Waals surface area contributed by atoms with Crippen LogP contribution in [0.15, 0.2) is 36.5 Å². The van der Waals surface area contributed by atoms with Crippen molar-refractivity contribution in [3.05, 3.63) is 36.5 Å². The topological polar surface area (TPSA) is 89.5 Å². The average molecular weight is 1030 g/mol. The van der Waals surface area contributed by atoms with Crippen molar-refractivity contribution in [2.45, 2.75) is 277 Å². The first kappa shape index (κ1) is 71.0. The van der Waals surface area contributed by atoms with Crippen LogP contribution in [-0.4, -0.2) is 109 Å². The van der Waals surface area contributed by atoms with Crippen molar-refractivity contribution in [3.8, 4) is 0 Å². The zero-order chi connectivity index (χ0) is 53.3. The third-order valence-corrected chi connectivity index (χ3v) is 14.2. The van der Waals surface area contributed by atoms with Crippen molar-refractivity contribution in [1.29, 1.82) is 0 Å². The Balaban J connectivity index is 4.64. The zero-order valence-corrected chi connectivity index (χ0v) is 49.3. The van der Waals surface area contributed by atoms with Crippen molar-refractivity contribution in [2.24, 2.45) is 0 Å². The molecule has 0 aromatic carbocycles. The number of nitrogens with zero attached hydrogens (tertiary/aromatic N) is 1. The van der Waals surface area contributed by atoms with E-state index >= 15 is 0 Å². The van der Waals surface area contributed by atoms with Gasteiger partial charge in [-0.25, -0.2) is 0 Å². The number of hydrogen-bond donors (Lipinski definition) is 0. The molecule has 0 aliphatic rings. The number of hydrogen-bond acceptors (Lipinski definition) is 8. The number of esters is 2. The monoisotopic (exact) mass is 1030 g/mol. The number of unbranched alkanes of at least 4 members (excludes halogenated alkanes) is 30. The molecule has 0 N–H and O–H groups in total. The second kappa shape index (κ2) is 56.2. The van der Waals surface area contributed by atoms with Crippen molar-refractivity contribution < 1.29 is 42.5 Å². The molecular weight excluding hydrogens is 911 g/mol. The van der Waals surface area contributed by atoms with Gasteiger partial charge in [0.2, 0.25) is 0 Å². The third kappa shape index (κ3) is 50.5. The summed E-state index contributed by atoms with van der Waals surface area (Å²) in [6.45, 7) is 11.4. The van der Waals surface area contributed by atoms with Gasteiger partial charge in [-0.15, -0.1) is 0 Å². The largest absolute Gasteiger partial charge is 0.466 e. The van der Waals surface area contributed by atoms with Crippen LogP contribution < -0.4 is 0 Å². The molecule has 0 saturated heterocycles. The van der Waals surface area contributed by atoms with Crippen LogP contribution in [0.5, 0.6) is 0 Å². The molecule has 0 rings (SSSR count). The maximum atomic E-state index is 12.6. The van der Waals surface area contributed by atoms with Crippen LogP contribution in [0.25, 0.3) is 0 Å². The van der Waals surface area contributed by atoms with E-state index in [1.165, 1.54) is 199 Å². The van der Waals surface area contributed by atoms with E-state index in [1.54, 1.807) is 0 Å². The molecule has 0 aromatic rings. The zero-order valence-electron chi connectivity index (χ0n) is 49.3. The number of carbonyl (C=O) groups is 2. The van der Waals surface area contributed by atoms with Crippen LogP contribution >= 0.6 is 0 Å². The fraction of sp³-hybridized carbons (Fsp3) is 0.875. The van der Waals surface area contributed by atoms with Gasteiger partial charge in [-0.05, 0) is 103 Å². The number of rotatable bonds is 59. The highest BCUT2D eigenvalue weighted by molar-refractivity contribution is 5.69. The Bertz CT molecular complexity index is 1180. The van der Waals surface area contributed by atoms with Crippen LogP contribution in [0.1, 0.15) is 271 Å². The van der Waals surface area contributed by atoms with Gasteiger partial charge in [0, 0.05) is 19.8 Å². The van der Waals surface area contributed by atoms with E-state index in [0.29, 0.717) is 50.7 Å². The summed E-state index contributed by atoms with van der Waals surface area (Å²) >= 11 is 0. The first-order valence-electron chi connectivity index (χ1n) is 31.1. The Hall–Kier alpha value is -2.04. The van der Waals surface area contributed by atoms with E-state index in [1.807, 2.05) is 0 Å². The Labute approximate surface area is 453 Å². The lowest BCUT2D eigenvalue weighted by Crippen LogP contribution is -2.65. The highest BCUT2D eigenvalue weighted by atomic mass is 16.5. The molecule has 73 heavy (non-hydrogen) atoms. The van der Waals surface area contributed by atoms with Crippen LogP contribution in [0.3, 0.4) is 0 Å². The smallest absolute Gasteiger partial charge is 0.308 e. The van der Waals surface area contributed by atoms with E-state index in [0.717, 1.165) is 45.1 Å². The van der Waals surface area contributed by atoms with Crippen molar-refractivity contribution >= 4 is 11.9 Å². The molecule has 0 saturated carbocycles. The first-order valence-corrected chi connectivity index (χ1v) is 31.1. The van der Waals surface area contributed by atoms with Crippen LogP contribution in [0, 0.1) is 0 Å². The maximum Gasteiger partial charge on any atom is 0.308 e. The van der Waals surface area contributed by atoms with Gasteiger partial charge >= 0.3 is 11.9 Å². The van der Waals surface area contributed by atoms with Crippen LogP contribution in [0.2, 0.25) is 0 Å². The summed E-state index contributed by atoms with van der Waals surface area (Å²) in [5.74, 6) is -0.441. The van der Waals surface area contributed by atoms with E-state index in [2.05, 4.69) is 78.4 Å². The van der Waals surface area contributed by atoms with Crippen LogP contribution in [-0.2, 0) is 38.0 Å². The summed E-state index contributed by atoms with van der Waals surface area (Å²) < 4.78 is 36.4. The summed E-state index contributed by atoms with van der Waals surface area (Å²) in [6.07, 6.45) is 60.1. The summed E-state index contributed by atoms with van der Waals surface area (Å²) in [6, 6.07) is 0. The standard InChI is InChI=1S/C64H122NO8/c1-7-10-13-16-19-22-25-28-31-34-37-40-43-46-52-68-53-49-54-69-59-64(65(4,5)6,60-70-57-50-62(66)72-55-47-44-41-38-35-32-29-26-23-20-17-14-11-8-2)61-71-58-51-63(67)73-56-48-45-42-39-36-33-30-27-24-21-18-15-12-9-3/h22-27H,7-21,28-61H2,1-6H3/q+1/b25-22-,26-23-,27-24-. The Morgan fingerprint density at radius 1 is 0.315 bits per heavy atom. The van der Waals surface area contributed by atoms with Crippen molar-refractivity contribution in [1.82, 2.24) is 0 Å². The number of ether oxygens (including phenoxy) is 6. The molecule has 0 bridgehead atoms. The molecule has 0 radical (unpaired) electrons. The van der Waals surface area contributed by atoms with Gasteiger partial charge in [0.05, 0.1) is 60.4 Å². The lowest BCUT2D eigenvalue weighted by molar-refractivity contribution is -0.926. The minimum Gasteiger partial charge on any atom is -0.466 e. The van der Waals surface area contributed by atoms with Gasteiger partial charge in [0.25, 0.3) is 0 Å². The Morgan fingerprint density at radius 2 is 0.575 bits per heavy atom. The van der Waals surface area contributed by atoms with Crippen molar-refractivity contribution in [3.63, 3.8) is 0 Å². The van der Waals surface area contributed by atoms with Gasteiger partial charge in [-0.2, -0.15) is 0 Å². The average Bonchev–Trinajstić information content (AvgIpc) is 3.37. The lowest BCUT2D eigenvalue weighted by Gasteiger charge is -2.45. The normalized spacial score (nSPS) is 12.4. The molecule has 0 aromatic heterocycles. The third-order valence-electron chi connectivity index (χ3n) is 14.2. The molecule has 430 valence electrons. The van der Waals surface area contributed by atoms with Gasteiger partial charge < -0.3 is 32.9 Å². The fourth-order valence-corrected chi connectivity index (χ4v) is 8.77. The number of carbonyl (C=O) groups excluding carboxylic acids is 2. The number of likely N-dealkylation sites (N-methyl/N-ethyl adjacent to an activating group) is 1. The molecule has 0 amide bonds. The Morgan fingerprint density at radius 3 is 0.904 bits per heavy atom. The molecular formula is C64H122NO8+. The van der Waals surface area contributed by atoms with E-state index in [4.69, 9.17) is 28.4 Å². The highest BCUT2D eigenvalue weighted by Crippen LogP contribution is 2.23. The SMILES string of the molecule is CCCCCC/C=C\CCCCCCCCOCCCOCC(COCCC(=O)OCCCCCCCC/C=C\CCCCCC)(COCCC(=O)OCCCCCCCC/C=C\CCCCCC)[N+](C)(C)C. The highest BCUT2D eigenvalue weighted by Gasteiger charge is 2.44. The second-order valence-corrected chi connectivity index (χ2v) is 22.0. The Kier molecular flexibility index (Phi) is 54.6. The van der Waals surface area contributed by atoms with Gasteiger partial charge in [0.1, 0.15) is 19.8 Å². The minimum absolute atomic E-state index is 0.206. The van der Waals surface area contributed by atoms with Gasteiger partial charge in [0.15, 0.2) is 5.54 Å². The fourth-order valence-electron chi connectivity index (χ4n) is 8.77. The molecule has 0 aliphatic carbocycles. The molecule has 0 heterocycles. The lowest BCUT2D eigenvalue weighted by atomic mass is 9.99. The predicted molar refractivity (Wildman–Crippen MR) is 310 cm³/mol. The molecule has 0 unspecified atom stereocenters. The van der Waals surface area contributed by atoms with Crippen molar-refractivity contribution in [2.75, 3.05) is 87.2 Å². The van der Waals surface area contributed by atoms with E-state index in [-0.39, 0.29) is 38.0 Å². The molecule has 0 spiro atoms. The quantitative estimate of drug-likeness (QED) is 0.0258. The predicted octanol–water partition coefficient (Wildman–Crippen LogP) is 17.5. The number of quaternary nitrogens is 1. The first-order chi connectivity index (χ1) is 35.7. The second-order valence-electron chi connectivity index (χ2n) is 22.0. The van der Waals surface area contributed by atoms with Crippen LogP contribution in [0.4, 0.5) is 0 Å². The number of allylic oxidation sites excluding steroid dienone is 6. The van der Waals surface area contributed by atoms with Gasteiger partial charge in [-0.3, -0.25) is 9.59 Å². The summed E-state index contributed by atoms with van der Waals surface area (Å²) in [7, 11) is 6.36. The molecule has 0 fully saturated rings. The molecule has 0 atom stereocenters. The summed E-state index contributed by atoms with van der Waals surface area (Å²) in [5, 5.41) is 0. The molecule has 0 aliphatic heterocycles. The summed E-state index contributed by atoms with van der Waals surface area (Å²) in [4.78, 5) is 25.3. The van der Waals surface area contributed by atoms with E-state index < -0.39 is 5.54 Å². The molecule has 9 nitrogen and oxygen atoms in total. The molecule has 9 heteroatoms. The van der Waals surface area contributed by atoms with Gasteiger partial charge in [-0.1, -0.05) is 192 Å². The van der Waals surface area contributed by atoms with E-state index in [9.17, 15) is 9.59 Å². The minimum atomic E-state index is -0.561.